The van der Waals surface area contributed by atoms with Crippen molar-refractivity contribution in [3.8, 4) is 5.75 Å². The number of nitrogens with zero attached hydrogens (tertiary/aromatic N) is 2. The molecule has 182 valence electrons. The van der Waals surface area contributed by atoms with Gasteiger partial charge in [-0.2, -0.15) is 0 Å². The van der Waals surface area contributed by atoms with Crippen molar-refractivity contribution in [2.75, 3.05) is 49.7 Å². The van der Waals surface area contributed by atoms with Crippen LogP contribution in [0.3, 0.4) is 0 Å². The predicted octanol–water partition coefficient (Wildman–Crippen LogP) is 2.06. The van der Waals surface area contributed by atoms with E-state index in [4.69, 9.17) is 15.2 Å². The standard InChI is InChI=1S/C24H24N4O6S/c25-21(29)15-34-19-7-1-16(2-8-19)13-20-23(31)28(24(32)35-20)14-22(30)26-17-3-5-18(6-4-17)27-9-11-33-12-10-27/h1-8,13H,9-12,14-15H2,(H2,25,29)(H,26,30)/b20-13-. The first kappa shape index (κ1) is 24.3. The molecule has 2 aliphatic heterocycles. The maximum atomic E-state index is 12.7. The van der Waals surface area contributed by atoms with E-state index in [0.717, 1.165) is 35.4 Å². The number of carbonyl (C=O) groups is 4. The summed E-state index contributed by atoms with van der Waals surface area (Å²) in [4.78, 5) is 51.7. The van der Waals surface area contributed by atoms with Gasteiger partial charge in [0.25, 0.3) is 17.1 Å². The van der Waals surface area contributed by atoms with Crippen molar-refractivity contribution in [1.82, 2.24) is 4.90 Å². The van der Waals surface area contributed by atoms with Gasteiger partial charge in [0, 0.05) is 24.5 Å². The molecule has 0 atom stereocenters. The smallest absolute Gasteiger partial charge is 0.294 e. The molecule has 2 heterocycles. The van der Waals surface area contributed by atoms with Crippen LogP contribution in [-0.4, -0.2) is 67.3 Å². The lowest BCUT2D eigenvalue weighted by atomic mass is 10.2. The maximum Gasteiger partial charge on any atom is 0.294 e. The molecule has 10 nitrogen and oxygen atoms in total. The van der Waals surface area contributed by atoms with Gasteiger partial charge in [0.2, 0.25) is 5.91 Å². The number of thioether (sulfide) groups is 1. The van der Waals surface area contributed by atoms with Crippen molar-refractivity contribution in [3.63, 3.8) is 0 Å². The Kier molecular flexibility index (Phi) is 7.68. The second-order valence-electron chi connectivity index (χ2n) is 7.79. The summed E-state index contributed by atoms with van der Waals surface area (Å²) in [5.41, 5.74) is 7.32. The van der Waals surface area contributed by atoms with E-state index in [0.29, 0.717) is 30.2 Å². The number of hydrogen-bond donors (Lipinski definition) is 2. The van der Waals surface area contributed by atoms with Crippen LogP contribution in [0.1, 0.15) is 5.56 Å². The third-order valence-electron chi connectivity index (χ3n) is 5.26. The first-order valence-corrected chi connectivity index (χ1v) is 11.7. The van der Waals surface area contributed by atoms with Crippen LogP contribution < -0.4 is 20.7 Å². The van der Waals surface area contributed by atoms with Crippen molar-refractivity contribution in [1.29, 1.82) is 0 Å². The summed E-state index contributed by atoms with van der Waals surface area (Å²) in [6, 6.07) is 14.0. The lowest BCUT2D eigenvalue weighted by Gasteiger charge is -2.28. The van der Waals surface area contributed by atoms with Gasteiger partial charge in [0.15, 0.2) is 6.61 Å². The van der Waals surface area contributed by atoms with E-state index >= 15 is 0 Å². The van der Waals surface area contributed by atoms with Gasteiger partial charge in [0.05, 0.1) is 18.1 Å². The molecule has 0 radical (unpaired) electrons. The summed E-state index contributed by atoms with van der Waals surface area (Å²) in [6.45, 7) is 2.37. The number of benzene rings is 2. The zero-order valence-electron chi connectivity index (χ0n) is 18.8. The van der Waals surface area contributed by atoms with Gasteiger partial charge in [-0.1, -0.05) is 12.1 Å². The third kappa shape index (κ3) is 6.40. The molecule has 35 heavy (non-hydrogen) atoms. The Morgan fingerprint density at radius 2 is 1.74 bits per heavy atom. The van der Waals surface area contributed by atoms with E-state index in [9.17, 15) is 19.2 Å². The molecule has 2 aromatic rings. The van der Waals surface area contributed by atoms with Crippen LogP contribution >= 0.6 is 11.8 Å². The molecule has 0 unspecified atom stereocenters. The lowest BCUT2D eigenvalue weighted by molar-refractivity contribution is -0.127. The molecule has 3 N–H and O–H groups in total. The van der Waals surface area contributed by atoms with Crippen LogP contribution in [0, 0.1) is 0 Å². The SMILES string of the molecule is NC(=O)COc1ccc(/C=C2\SC(=O)N(CC(=O)Nc3ccc(N4CCOCC4)cc3)C2=O)cc1. The van der Waals surface area contributed by atoms with E-state index in [1.165, 1.54) is 0 Å². The van der Waals surface area contributed by atoms with Gasteiger partial charge in [-0.25, -0.2) is 0 Å². The summed E-state index contributed by atoms with van der Waals surface area (Å²) in [5.74, 6) is -1.14. The number of nitrogens with two attached hydrogens (primary N) is 1. The Morgan fingerprint density at radius 3 is 2.40 bits per heavy atom. The summed E-state index contributed by atoms with van der Waals surface area (Å²) < 4.78 is 10.6. The minimum atomic E-state index is -0.586. The van der Waals surface area contributed by atoms with Crippen molar-refractivity contribution in [2.45, 2.75) is 0 Å². The lowest BCUT2D eigenvalue weighted by Crippen LogP contribution is -2.36. The monoisotopic (exact) mass is 496 g/mol. The number of rotatable bonds is 8. The molecule has 4 amide bonds. The minimum Gasteiger partial charge on any atom is -0.484 e. The van der Waals surface area contributed by atoms with Gasteiger partial charge in [-0.05, 0) is 59.8 Å². The molecule has 2 aliphatic rings. The fraction of sp³-hybridized carbons (Fsp3) is 0.250. The van der Waals surface area contributed by atoms with Crippen LogP contribution in [0.5, 0.6) is 5.75 Å². The molecule has 0 saturated carbocycles. The highest BCUT2D eigenvalue weighted by Crippen LogP contribution is 2.32. The molecule has 0 aromatic heterocycles. The zero-order chi connectivity index (χ0) is 24.8. The number of hydrogen-bond acceptors (Lipinski definition) is 8. The van der Waals surface area contributed by atoms with E-state index in [1.807, 2.05) is 12.1 Å². The van der Waals surface area contributed by atoms with Crippen LogP contribution in [0.2, 0.25) is 0 Å². The molecule has 0 aliphatic carbocycles. The number of carbonyl (C=O) groups excluding carboxylic acids is 4. The second-order valence-corrected chi connectivity index (χ2v) is 8.78. The third-order valence-corrected chi connectivity index (χ3v) is 6.17. The van der Waals surface area contributed by atoms with Crippen LogP contribution in [0.25, 0.3) is 6.08 Å². The van der Waals surface area contributed by atoms with Gasteiger partial charge < -0.3 is 25.4 Å². The molecule has 2 saturated heterocycles. The maximum absolute atomic E-state index is 12.7. The van der Waals surface area contributed by atoms with E-state index in [1.54, 1.807) is 42.5 Å². The van der Waals surface area contributed by atoms with Crippen LogP contribution in [0.15, 0.2) is 53.4 Å². The van der Waals surface area contributed by atoms with Crippen molar-refractivity contribution in [3.05, 3.63) is 59.0 Å². The first-order chi connectivity index (χ1) is 16.9. The highest BCUT2D eigenvalue weighted by molar-refractivity contribution is 8.18. The summed E-state index contributed by atoms with van der Waals surface area (Å²) in [7, 11) is 0. The number of anilines is 2. The average molecular weight is 497 g/mol. The van der Waals surface area contributed by atoms with Gasteiger partial charge >= 0.3 is 0 Å². The molecule has 0 bridgehead atoms. The topological polar surface area (TPSA) is 131 Å². The van der Waals surface area contributed by atoms with Gasteiger partial charge in [-0.15, -0.1) is 0 Å². The molecular formula is C24H24N4O6S. The zero-order valence-corrected chi connectivity index (χ0v) is 19.6. The molecule has 2 aromatic carbocycles. The molecule has 11 heteroatoms. The van der Waals surface area contributed by atoms with Crippen molar-refractivity contribution in [2.24, 2.45) is 5.73 Å². The van der Waals surface area contributed by atoms with E-state index in [-0.39, 0.29) is 18.1 Å². The van der Waals surface area contributed by atoms with Crippen molar-refractivity contribution < 1.29 is 28.7 Å². The number of morpholine rings is 1. The minimum absolute atomic E-state index is 0.212. The largest absolute Gasteiger partial charge is 0.484 e. The number of imide groups is 1. The average Bonchev–Trinajstić information content (AvgIpc) is 3.11. The number of ether oxygens (including phenoxy) is 2. The Hall–Kier alpha value is -3.83. The number of amides is 4. The van der Waals surface area contributed by atoms with Crippen LogP contribution in [0.4, 0.5) is 16.2 Å². The Labute approximate surface area is 206 Å². The van der Waals surface area contributed by atoms with Gasteiger partial charge in [0.1, 0.15) is 12.3 Å². The van der Waals surface area contributed by atoms with Crippen LogP contribution in [-0.2, 0) is 19.1 Å². The molecule has 2 fully saturated rings. The fourth-order valence-corrected chi connectivity index (χ4v) is 4.36. The molecule has 4 rings (SSSR count). The number of nitrogens with one attached hydrogen (secondary N) is 1. The second kappa shape index (κ2) is 11.1. The Morgan fingerprint density at radius 1 is 1.06 bits per heavy atom. The summed E-state index contributed by atoms with van der Waals surface area (Å²) >= 11 is 0.771. The molecule has 0 spiro atoms. The quantitative estimate of drug-likeness (QED) is 0.531. The molecular weight excluding hydrogens is 472 g/mol. The van der Waals surface area contributed by atoms with Crippen molar-refractivity contribution >= 4 is 52.2 Å². The van der Waals surface area contributed by atoms with E-state index in [2.05, 4.69) is 10.2 Å². The summed E-state index contributed by atoms with van der Waals surface area (Å²) in [6.07, 6.45) is 1.56. The Balaban J connectivity index is 1.33. The first-order valence-electron chi connectivity index (χ1n) is 10.9. The van der Waals surface area contributed by atoms with Gasteiger partial charge in [-0.3, -0.25) is 24.1 Å². The number of primary amides is 1. The summed E-state index contributed by atoms with van der Waals surface area (Å²) in [5, 5.41) is 2.21. The highest BCUT2D eigenvalue weighted by Gasteiger charge is 2.36. The Bertz CT molecular complexity index is 1140. The predicted molar refractivity (Wildman–Crippen MR) is 132 cm³/mol. The normalized spacial score (nSPS) is 17.1. The highest BCUT2D eigenvalue weighted by atomic mass is 32.2. The van der Waals surface area contributed by atoms with E-state index < -0.39 is 23.0 Å². The fourth-order valence-electron chi connectivity index (χ4n) is 3.52.